The fraction of sp³-hybridized carbons (Fsp3) is 0.385. The maximum absolute atomic E-state index is 12.1. The third-order valence-electron chi connectivity index (χ3n) is 3.50. The number of fused-ring (bicyclic) bond motifs is 1. The van der Waals surface area contributed by atoms with Gasteiger partial charge in [-0.1, -0.05) is 0 Å². The molecule has 3 heterocycles. The van der Waals surface area contributed by atoms with Gasteiger partial charge >= 0.3 is 6.61 Å². The molecule has 2 N–H and O–H groups in total. The molecular formula is C13H13F2N7O. The SMILES string of the molecule is FC(F)Oc1cc(Nc2cnc3cnn(CC4CC4)c3n2)[nH]n1. The average Bonchev–Trinajstić information content (AvgIpc) is 3.09. The van der Waals surface area contributed by atoms with Gasteiger partial charge in [-0.3, -0.25) is 5.10 Å². The van der Waals surface area contributed by atoms with E-state index in [-0.39, 0.29) is 5.88 Å². The van der Waals surface area contributed by atoms with E-state index in [9.17, 15) is 8.78 Å². The summed E-state index contributed by atoms with van der Waals surface area (Å²) in [6.45, 7) is -2.09. The van der Waals surface area contributed by atoms with Crippen LogP contribution in [0.25, 0.3) is 11.2 Å². The normalized spacial score (nSPS) is 14.6. The van der Waals surface area contributed by atoms with Crippen LogP contribution in [0.2, 0.25) is 0 Å². The lowest BCUT2D eigenvalue weighted by atomic mass is 10.4. The smallest absolute Gasteiger partial charge is 0.388 e. The minimum Gasteiger partial charge on any atom is -0.415 e. The molecule has 3 aromatic heterocycles. The Kier molecular flexibility index (Phi) is 3.28. The first kappa shape index (κ1) is 13.9. The molecule has 3 aromatic rings. The molecular weight excluding hydrogens is 308 g/mol. The second-order valence-corrected chi connectivity index (χ2v) is 5.36. The summed E-state index contributed by atoms with van der Waals surface area (Å²) < 4.78 is 30.3. The van der Waals surface area contributed by atoms with Crippen LogP contribution in [0.15, 0.2) is 18.5 Å². The summed E-state index contributed by atoms with van der Waals surface area (Å²) in [4.78, 5) is 8.76. The molecule has 1 aliphatic rings. The number of hydrogen-bond donors (Lipinski definition) is 2. The van der Waals surface area contributed by atoms with Gasteiger partial charge in [0.25, 0.3) is 0 Å². The second kappa shape index (κ2) is 5.45. The zero-order valence-electron chi connectivity index (χ0n) is 11.9. The zero-order valence-corrected chi connectivity index (χ0v) is 11.9. The molecule has 1 saturated carbocycles. The molecule has 0 amide bonds. The van der Waals surface area contributed by atoms with E-state index in [2.05, 4.69) is 35.3 Å². The van der Waals surface area contributed by atoms with Crippen molar-refractivity contribution in [3.63, 3.8) is 0 Å². The minimum absolute atomic E-state index is 0.199. The molecule has 0 unspecified atom stereocenters. The van der Waals surface area contributed by atoms with Gasteiger partial charge in [0.2, 0.25) is 5.88 Å². The topological polar surface area (TPSA) is 93.5 Å². The number of anilines is 2. The van der Waals surface area contributed by atoms with E-state index in [1.807, 2.05) is 4.68 Å². The van der Waals surface area contributed by atoms with Gasteiger partial charge in [-0.15, -0.1) is 5.10 Å². The number of nitrogens with one attached hydrogen (secondary N) is 2. The van der Waals surface area contributed by atoms with Crippen LogP contribution in [0.1, 0.15) is 12.8 Å². The van der Waals surface area contributed by atoms with Crippen LogP contribution in [-0.4, -0.2) is 36.6 Å². The number of aromatic nitrogens is 6. The van der Waals surface area contributed by atoms with Gasteiger partial charge in [0.15, 0.2) is 11.5 Å². The quantitative estimate of drug-likeness (QED) is 0.723. The first-order valence-electron chi connectivity index (χ1n) is 7.13. The third-order valence-corrected chi connectivity index (χ3v) is 3.50. The van der Waals surface area contributed by atoms with Crippen LogP contribution in [-0.2, 0) is 6.54 Å². The number of nitrogens with zero attached hydrogens (tertiary/aromatic N) is 5. The monoisotopic (exact) mass is 321 g/mol. The number of hydrogen-bond acceptors (Lipinski definition) is 6. The number of aromatic amines is 1. The Morgan fingerprint density at radius 3 is 3.04 bits per heavy atom. The predicted octanol–water partition coefficient (Wildman–Crippen LogP) is 2.30. The molecule has 0 aliphatic heterocycles. The minimum atomic E-state index is -2.92. The van der Waals surface area contributed by atoms with Gasteiger partial charge in [0, 0.05) is 12.6 Å². The molecule has 0 spiro atoms. The average molecular weight is 321 g/mol. The van der Waals surface area contributed by atoms with E-state index < -0.39 is 6.61 Å². The summed E-state index contributed by atoms with van der Waals surface area (Å²) in [6, 6.07) is 1.32. The molecule has 8 nitrogen and oxygen atoms in total. The summed E-state index contributed by atoms with van der Waals surface area (Å²) >= 11 is 0. The Morgan fingerprint density at radius 2 is 2.26 bits per heavy atom. The van der Waals surface area contributed by atoms with E-state index in [4.69, 9.17) is 0 Å². The lowest BCUT2D eigenvalue weighted by molar-refractivity contribution is -0.0528. The standard InChI is InChI=1S/C13H13F2N7O/c14-13(15)23-11-3-9(20-21-11)18-10-5-16-8-4-17-22(12(8)19-10)6-7-1-2-7/h3-5,7,13H,1-2,6H2,(H2,18,19,20,21). The Morgan fingerprint density at radius 1 is 1.39 bits per heavy atom. The van der Waals surface area contributed by atoms with Crippen molar-refractivity contribution in [3.05, 3.63) is 18.5 Å². The van der Waals surface area contributed by atoms with Crippen LogP contribution in [0.5, 0.6) is 5.88 Å². The third kappa shape index (κ3) is 3.05. The van der Waals surface area contributed by atoms with Gasteiger partial charge in [0.05, 0.1) is 12.4 Å². The van der Waals surface area contributed by atoms with Gasteiger partial charge in [-0.25, -0.2) is 14.6 Å². The fourth-order valence-corrected chi connectivity index (χ4v) is 2.24. The largest absolute Gasteiger partial charge is 0.415 e. The van der Waals surface area contributed by atoms with E-state index in [1.54, 1.807) is 12.4 Å². The molecule has 0 saturated heterocycles. The first-order chi connectivity index (χ1) is 11.2. The lowest BCUT2D eigenvalue weighted by Crippen LogP contribution is -2.04. The van der Waals surface area contributed by atoms with Gasteiger partial charge in [0.1, 0.15) is 11.3 Å². The highest BCUT2D eigenvalue weighted by atomic mass is 19.3. The number of H-pyrrole nitrogens is 1. The van der Waals surface area contributed by atoms with Gasteiger partial charge in [-0.05, 0) is 18.8 Å². The molecule has 120 valence electrons. The molecule has 1 fully saturated rings. The summed E-state index contributed by atoms with van der Waals surface area (Å²) in [5.41, 5.74) is 1.40. The maximum atomic E-state index is 12.1. The van der Waals surface area contributed by atoms with E-state index in [1.165, 1.54) is 18.9 Å². The number of rotatable bonds is 6. The van der Waals surface area contributed by atoms with Crippen molar-refractivity contribution in [1.29, 1.82) is 0 Å². The molecule has 10 heteroatoms. The molecule has 0 radical (unpaired) electrons. The molecule has 0 aromatic carbocycles. The van der Waals surface area contributed by atoms with Crippen molar-refractivity contribution < 1.29 is 13.5 Å². The Bertz CT molecular complexity index is 827. The Labute approximate surface area is 128 Å². The van der Waals surface area contributed by atoms with Gasteiger partial charge in [-0.2, -0.15) is 13.9 Å². The fourth-order valence-electron chi connectivity index (χ4n) is 2.24. The highest BCUT2D eigenvalue weighted by Gasteiger charge is 2.23. The van der Waals surface area contributed by atoms with Crippen molar-refractivity contribution in [2.24, 2.45) is 5.92 Å². The van der Waals surface area contributed by atoms with Crippen LogP contribution in [0, 0.1) is 5.92 Å². The number of ether oxygens (including phenoxy) is 1. The highest BCUT2D eigenvalue weighted by Crippen LogP contribution is 2.31. The van der Waals surface area contributed by atoms with Crippen LogP contribution in [0.3, 0.4) is 0 Å². The van der Waals surface area contributed by atoms with E-state index in [0.717, 1.165) is 6.54 Å². The Hall–Kier alpha value is -2.78. The molecule has 0 bridgehead atoms. The van der Waals surface area contributed by atoms with Crippen molar-refractivity contribution in [2.75, 3.05) is 5.32 Å². The summed E-state index contributed by atoms with van der Waals surface area (Å²) in [5, 5.41) is 13.4. The number of halogens is 2. The molecule has 4 rings (SSSR count). The highest BCUT2D eigenvalue weighted by molar-refractivity contribution is 5.71. The molecule has 0 atom stereocenters. The summed E-state index contributed by atoms with van der Waals surface area (Å²) in [5.74, 6) is 1.30. The predicted molar refractivity (Wildman–Crippen MR) is 76.5 cm³/mol. The maximum Gasteiger partial charge on any atom is 0.388 e. The molecule has 23 heavy (non-hydrogen) atoms. The van der Waals surface area contributed by atoms with Crippen LogP contribution < -0.4 is 10.1 Å². The van der Waals surface area contributed by atoms with Crippen LogP contribution >= 0.6 is 0 Å². The van der Waals surface area contributed by atoms with Crippen molar-refractivity contribution in [3.8, 4) is 5.88 Å². The van der Waals surface area contributed by atoms with E-state index in [0.29, 0.717) is 28.7 Å². The number of alkyl halides is 2. The van der Waals surface area contributed by atoms with Crippen molar-refractivity contribution in [1.82, 2.24) is 29.9 Å². The van der Waals surface area contributed by atoms with E-state index >= 15 is 0 Å². The Balaban J connectivity index is 1.54. The summed E-state index contributed by atoms with van der Waals surface area (Å²) in [7, 11) is 0. The van der Waals surface area contributed by atoms with Crippen molar-refractivity contribution >= 4 is 22.8 Å². The lowest BCUT2D eigenvalue weighted by Gasteiger charge is -2.04. The molecule has 1 aliphatic carbocycles. The zero-order chi connectivity index (χ0) is 15.8. The van der Waals surface area contributed by atoms with Crippen LogP contribution in [0.4, 0.5) is 20.4 Å². The second-order valence-electron chi connectivity index (χ2n) is 5.36. The first-order valence-corrected chi connectivity index (χ1v) is 7.13. The van der Waals surface area contributed by atoms with Gasteiger partial charge < -0.3 is 10.1 Å². The van der Waals surface area contributed by atoms with Crippen molar-refractivity contribution in [2.45, 2.75) is 26.0 Å². The summed E-state index contributed by atoms with van der Waals surface area (Å²) in [6.07, 6.45) is 5.65.